The molecule has 2 atom stereocenters. The van der Waals surface area contributed by atoms with E-state index in [-0.39, 0.29) is 18.1 Å². The van der Waals surface area contributed by atoms with Crippen molar-refractivity contribution in [2.45, 2.75) is 44.2 Å². The smallest absolute Gasteiger partial charge is 0.255 e. The van der Waals surface area contributed by atoms with Crippen LogP contribution in [0.4, 0.5) is 0 Å². The molecule has 6 heteroatoms. The molecule has 3 aliphatic rings. The van der Waals surface area contributed by atoms with Crippen LogP contribution in [0.5, 0.6) is 5.88 Å². The first-order valence-corrected chi connectivity index (χ1v) is 9.51. The average Bonchev–Trinajstić information content (AvgIpc) is 3.39. The third-order valence-electron chi connectivity index (χ3n) is 5.66. The first-order chi connectivity index (χ1) is 12.2. The zero-order chi connectivity index (χ0) is 17.2. The van der Waals surface area contributed by atoms with E-state index in [0.29, 0.717) is 30.5 Å². The summed E-state index contributed by atoms with van der Waals surface area (Å²) in [5.41, 5.74) is 0.619. The predicted octanol–water partition coefficient (Wildman–Crippen LogP) is 1.54. The second kappa shape index (κ2) is 7.30. The van der Waals surface area contributed by atoms with Gasteiger partial charge in [0.15, 0.2) is 0 Å². The molecule has 4 rings (SSSR count). The van der Waals surface area contributed by atoms with E-state index >= 15 is 0 Å². The van der Waals surface area contributed by atoms with Gasteiger partial charge in [-0.1, -0.05) is 0 Å². The molecular weight excluding hydrogens is 318 g/mol. The lowest BCUT2D eigenvalue weighted by atomic mass is 10.1. The molecule has 2 aliphatic carbocycles. The Bertz CT molecular complexity index is 594. The maximum Gasteiger partial charge on any atom is 0.255 e. The van der Waals surface area contributed by atoms with Crippen LogP contribution in [0.25, 0.3) is 0 Å². The van der Waals surface area contributed by atoms with Gasteiger partial charge in [0.2, 0.25) is 5.88 Å². The third kappa shape index (κ3) is 3.96. The Morgan fingerprint density at radius 2 is 1.96 bits per heavy atom. The maximum atomic E-state index is 12.7. The van der Waals surface area contributed by atoms with Crippen LogP contribution in [-0.4, -0.2) is 70.7 Å². The first-order valence-electron chi connectivity index (χ1n) is 9.51. The summed E-state index contributed by atoms with van der Waals surface area (Å²) >= 11 is 0. The van der Waals surface area contributed by atoms with Crippen molar-refractivity contribution < 1.29 is 14.6 Å². The number of ether oxygens (including phenoxy) is 1. The highest BCUT2D eigenvalue weighted by Gasteiger charge is 2.33. The molecule has 1 aliphatic heterocycles. The number of pyridine rings is 1. The van der Waals surface area contributed by atoms with Crippen LogP contribution in [0.3, 0.4) is 0 Å². The van der Waals surface area contributed by atoms with E-state index in [2.05, 4.69) is 9.88 Å². The van der Waals surface area contributed by atoms with Gasteiger partial charge in [-0.25, -0.2) is 4.98 Å². The van der Waals surface area contributed by atoms with Crippen molar-refractivity contribution >= 4 is 5.91 Å². The summed E-state index contributed by atoms with van der Waals surface area (Å²) < 4.78 is 5.62. The lowest BCUT2D eigenvalue weighted by Crippen LogP contribution is -2.53. The topological polar surface area (TPSA) is 65.9 Å². The number of piperazine rings is 1. The highest BCUT2D eigenvalue weighted by molar-refractivity contribution is 5.94. The lowest BCUT2D eigenvalue weighted by Gasteiger charge is -2.39. The summed E-state index contributed by atoms with van der Waals surface area (Å²) in [6.07, 6.45) is 7.01. The maximum absolute atomic E-state index is 12.7. The molecule has 6 nitrogen and oxygen atoms in total. The number of carbonyl (C=O) groups excluding carboxylic acids is 1. The second-order valence-corrected chi connectivity index (χ2v) is 7.53. The fourth-order valence-corrected chi connectivity index (χ4v) is 3.87. The predicted molar refractivity (Wildman–Crippen MR) is 93.6 cm³/mol. The van der Waals surface area contributed by atoms with Gasteiger partial charge in [0.1, 0.15) is 0 Å². The summed E-state index contributed by atoms with van der Waals surface area (Å²) in [6.45, 7) is 3.83. The van der Waals surface area contributed by atoms with Crippen LogP contribution in [0.15, 0.2) is 18.3 Å². The zero-order valence-corrected chi connectivity index (χ0v) is 14.6. The molecule has 2 saturated carbocycles. The van der Waals surface area contributed by atoms with Crippen molar-refractivity contribution in [3.63, 3.8) is 0 Å². The van der Waals surface area contributed by atoms with E-state index in [1.807, 2.05) is 11.0 Å². The number of aliphatic hydroxyl groups excluding tert-OH is 1. The van der Waals surface area contributed by atoms with E-state index in [1.54, 1.807) is 12.3 Å². The molecule has 0 spiro atoms. The Balaban J connectivity index is 1.29. The first kappa shape index (κ1) is 16.8. The number of aliphatic hydroxyl groups is 1. The van der Waals surface area contributed by atoms with Crippen LogP contribution >= 0.6 is 0 Å². The highest BCUT2D eigenvalue weighted by atomic mass is 16.5. The number of nitrogens with zero attached hydrogens (tertiary/aromatic N) is 3. The van der Waals surface area contributed by atoms with Crippen molar-refractivity contribution in [1.82, 2.24) is 14.8 Å². The molecule has 0 bridgehead atoms. The Kier molecular flexibility index (Phi) is 4.90. The minimum absolute atomic E-state index is 0.0351. The number of aromatic nitrogens is 1. The van der Waals surface area contributed by atoms with E-state index in [0.717, 1.165) is 39.0 Å². The van der Waals surface area contributed by atoms with Crippen molar-refractivity contribution in [1.29, 1.82) is 0 Å². The molecule has 1 N–H and O–H groups in total. The highest BCUT2D eigenvalue weighted by Crippen LogP contribution is 2.29. The molecule has 0 aromatic carbocycles. The summed E-state index contributed by atoms with van der Waals surface area (Å²) in [5.74, 6) is 1.33. The monoisotopic (exact) mass is 345 g/mol. The third-order valence-corrected chi connectivity index (χ3v) is 5.66. The Morgan fingerprint density at radius 1 is 1.16 bits per heavy atom. The molecule has 0 radical (unpaired) electrons. The molecule has 0 unspecified atom stereocenters. The molecule has 25 heavy (non-hydrogen) atoms. The largest absolute Gasteiger partial charge is 0.477 e. The van der Waals surface area contributed by atoms with Gasteiger partial charge < -0.3 is 14.7 Å². The Morgan fingerprint density at radius 3 is 2.56 bits per heavy atom. The van der Waals surface area contributed by atoms with Gasteiger partial charge in [-0.15, -0.1) is 0 Å². The van der Waals surface area contributed by atoms with Gasteiger partial charge >= 0.3 is 0 Å². The number of rotatable bonds is 5. The van der Waals surface area contributed by atoms with Crippen LogP contribution < -0.4 is 4.74 Å². The normalized spacial score (nSPS) is 27.5. The molecule has 1 saturated heterocycles. The zero-order valence-electron chi connectivity index (χ0n) is 14.6. The Labute approximate surface area is 148 Å². The van der Waals surface area contributed by atoms with Crippen molar-refractivity contribution in [3.8, 4) is 5.88 Å². The second-order valence-electron chi connectivity index (χ2n) is 7.53. The van der Waals surface area contributed by atoms with Crippen molar-refractivity contribution in [2.24, 2.45) is 5.92 Å². The van der Waals surface area contributed by atoms with E-state index in [1.165, 1.54) is 12.8 Å². The summed E-state index contributed by atoms with van der Waals surface area (Å²) in [6, 6.07) is 3.88. The number of hydrogen-bond acceptors (Lipinski definition) is 5. The lowest BCUT2D eigenvalue weighted by molar-refractivity contribution is 0.0315. The fraction of sp³-hybridized carbons (Fsp3) is 0.684. The fourth-order valence-electron chi connectivity index (χ4n) is 3.87. The molecule has 1 amide bonds. The van der Waals surface area contributed by atoms with Crippen LogP contribution in [0.2, 0.25) is 0 Å². The molecule has 1 aromatic rings. The standard InChI is InChI=1S/C19H27N3O3/c23-17-3-1-2-16(17)21-8-10-22(11-9-21)19(24)15-6-7-18(20-12-15)25-13-14-4-5-14/h6-7,12,14,16-17,23H,1-5,8-11,13H2/t16-,17-/m0/s1. The van der Waals surface area contributed by atoms with Gasteiger partial charge in [0.05, 0.1) is 18.3 Å². The van der Waals surface area contributed by atoms with E-state index in [9.17, 15) is 9.90 Å². The summed E-state index contributed by atoms with van der Waals surface area (Å²) in [7, 11) is 0. The Hall–Kier alpha value is -1.66. The van der Waals surface area contributed by atoms with Crippen LogP contribution in [0, 0.1) is 5.92 Å². The molecule has 136 valence electrons. The number of hydrogen-bond donors (Lipinski definition) is 1. The minimum Gasteiger partial charge on any atom is -0.477 e. The molecule has 3 fully saturated rings. The number of amides is 1. The van der Waals surface area contributed by atoms with Gasteiger partial charge in [0, 0.05) is 44.5 Å². The van der Waals surface area contributed by atoms with Gasteiger partial charge in [0.25, 0.3) is 5.91 Å². The summed E-state index contributed by atoms with van der Waals surface area (Å²) in [4.78, 5) is 21.2. The molecule has 2 heterocycles. The minimum atomic E-state index is -0.199. The van der Waals surface area contributed by atoms with Gasteiger partial charge in [-0.3, -0.25) is 9.69 Å². The number of carbonyl (C=O) groups is 1. The van der Waals surface area contributed by atoms with E-state index < -0.39 is 0 Å². The van der Waals surface area contributed by atoms with Crippen molar-refractivity contribution in [2.75, 3.05) is 32.8 Å². The van der Waals surface area contributed by atoms with Crippen molar-refractivity contribution in [3.05, 3.63) is 23.9 Å². The SMILES string of the molecule is O=C(c1ccc(OCC2CC2)nc1)N1CCN([C@H]2CCC[C@@H]2O)CC1. The quantitative estimate of drug-likeness (QED) is 0.877. The van der Waals surface area contributed by atoms with Gasteiger partial charge in [-0.2, -0.15) is 0 Å². The van der Waals surface area contributed by atoms with Crippen LogP contribution in [0.1, 0.15) is 42.5 Å². The van der Waals surface area contributed by atoms with Crippen LogP contribution in [-0.2, 0) is 0 Å². The molecule has 1 aromatic heterocycles. The van der Waals surface area contributed by atoms with Gasteiger partial charge in [-0.05, 0) is 44.1 Å². The van der Waals surface area contributed by atoms with E-state index in [4.69, 9.17) is 4.74 Å². The summed E-state index contributed by atoms with van der Waals surface area (Å²) in [5, 5.41) is 10.1. The molecular formula is C19H27N3O3. The average molecular weight is 345 g/mol.